The summed E-state index contributed by atoms with van der Waals surface area (Å²) in [6, 6.07) is 21.4. The molecule has 0 aromatic heterocycles. The lowest BCUT2D eigenvalue weighted by molar-refractivity contribution is 0.0873. The van der Waals surface area contributed by atoms with Crippen molar-refractivity contribution in [3.8, 4) is 17.2 Å². The Kier molecular flexibility index (Phi) is 4.73. The standard InChI is InChI=1S/C25H21NO4/c1-28-19-9-5-8-18(12-19)13-23-24(27)20-10-11-22-21(25(20)30-23)15-26(16-29-22)14-17-6-3-2-4-7-17/h2-13H,14-16H2,1H3/b23-13-. The van der Waals surface area contributed by atoms with Crippen LogP contribution in [0.2, 0.25) is 0 Å². The lowest BCUT2D eigenvalue weighted by Gasteiger charge is -2.29. The first-order valence-electron chi connectivity index (χ1n) is 9.84. The molecular formula is C25H21NO4. The van der Waals surface area contributed by atoms with Gasteiger partial charge in [-0.05, 0) is 41.5 Å². The molecule has 3 aromatic carbocycles. The van der Waals surface area contributed by atoms with Crippen LogP contribution in [0.15, 0.2) is 72.5 Å². The van der Waals surface area contributed by atoms with E-state index in [9.17, 15) is 4.79 Å². The minimum Gasteiger partial charge on any atom is -0.497 e. The van der Waals surface area contributed by atoms with Crippen LogP contribution in [0.25, 0.3) is 6.08 Å². The zero-order chi connectivity index (χ0) is 20.5. The van der Waals surface area contributed by atoms with E-state index in [1.54, 1.807) is 19.3 Å². The zero-order valence-corrected chi connectivity index (χ0v) is 16.6. The number of allylic oxidation sites excluding steroid dienone is 1. The number of ether oxygens (including phenoxy) is 3. The van der Waals surface area contributed by atoms with Crippen molar-refractivity contribution in [3.05, 3.63) is 94.7 Å². The molecule has 2 aliphatic heterocycles. The van der Waals surface area contributed by atoms with Crippen LogP contribution in [0.4, 0.5) is 0 Å². The molecule has 0 fully saturated rings. The molecule has 5 heteroatoms. The van der Waals surface area contributed by atoms with Crippen molar-refractivity contribution in [2.45, 2.75) is 13.1 Å². The molecule has 30 heavy (non-hydrogen) atoms. The summed E-state index contributed by atoms with van der Waals surface area (Å²) >= 11 is 0. The molecule has 0 bridgehead atoms. The quantitative estimate of drug-likeness (QED) is 0.597. The fourth-order valence-corrected chi connectivity index (χ4v) is 3.83. The maximum Gasteiger partial charge on any atom is 0.231 e. The molecule has 5 rings (SSSR count). The minimum atomic E-state index is -0.115. The van der Waals surface area contributed by atoms with Crippen LogP contribution in [-0.4, -0.2) is 24.5 Å². The number of nitrogens with zero attached hydrogens (tertiary/aromatic N) is 1. The molecule has 0 unspecified atom stereocenters. The molecule has 3 aromatic rings. The maximum atomic E-state index is 12.9. The molecule has 5 nitrogen and oxygen atoms in total. The summed E-state index contributed by atoms with van der Waals surface area (Å²) in [5.74, 6) is 2.30. The Morgan fingerprint density at radius 2 is 1.93 bits per heavy atom. The van der Waals surface area contributed by atoms with Gasteiger partial charge in [0.15, 0.2) is 5.76 Å². The van der Waals surface area contributed by atoms with Crippen molar-refractivity contribution in [2.75, 3.05) is 13.8 Å². The van der Waals surface area contributed by atoms with Crippen molar-refractivity contribution in [2.24, 2.45) is 0 Å². The third-order valence-electron chi connectivity index (χ3n) is 5.32. The van der Waals surface area contributed by atoms with Gasteiger partial charge >= 0.3 is 0 Å². The molecule has 0 saturated carbocycles. The molecule has 0 N–H and O–H groups in total. The Hall–Kier alpha value is -3.57. The summed E-state index contributed by atoms with van der Waals surface area (Å²) < 4.78 is 17.3. The van der Waals surface area contributed by atoms with Crippen LogP contribution in [-0.2, 0) is 13.1 Å². The second kappa shape index (κ2) is 7.69. The number of rotatable bonds is 4. The number of carbonyl (C=O) groups is 1. The Labute approximate surface area is 175 Å². The molecule has 0 amide bonds. The topological polar surface area (TPSA) is 48.0 Å². The molecule has 0 atom stereocenters. The van der Waals surface area contributed by atoms with Gasteiger partial charge in [-0.2, -0.15) is 0 Å². The molecule has 2 aliphatic rings. The van der Waals surface area contributed by atoms with E-state index in [-0.39, 0.29) is 5.78 Å². The predicted molar refractivity (Wildman–Crippen MR) is 114 cm³/mol. The first-order chi connectivity index (χ1) is 14.7. The number of Topliss-reactive ketones (excluding diaryl/α,β-unsaturated/α-hetero) is 1. The van der Waals surface area contributed by atoms with E-state index < -0.39 is 0 Å². The number of carbonyl (C=O) groups excluding carboxylic acids is 1. The van der Waals surface area contributed by atoms with Gasteiger partial charge in [0, 0.05) is 13.1 Å². The van der Waals surface area contributed by atoms with Gasteiger partial charge in [0.25, 0.3) is 0 Å². The van der Waals surface area contributed by atoms with Crippen LogP contribution in [0.5, 0.6) is 17.2 Å². The van der Waals surface area contributed by atoms with Gasteiger partial charge in [-0.15, -0.1) is 0 Å². The molecular weight excluding hydrogens is 378 g/mol. The smallest absolute Gasteiger partial charge is 0.231 e. The van der Waals surface area contributed by atoms with Crippen LogP contribution in [0.1, 0.15) is 27.0 Å². The Balaban J connectivity index is 1.43. The number of hydrogen-bond donors (Lipinski definition) is 0. The number of benzene rings is 3. The highest BCUT2D eigenvalue weighted by molar-refractivity contribution is 6.15. The van der Waals surface area contributed by atoms with Crippen molar-refractivity contribution >= 4 is 11.9 Å². The van der Waals surface area contributed by atoms with Crippen molar-refractivity contribution in [1.82, 2.24) is 4.90 Å². The first-order valence-corrected chi connectivity index (χ1v) is 9.84. The maximum absolute atomic E-state index is 12.9. The zero-order valence-electron chi connectivity index (χ0n) is 16.6. The molecule has 0 aliphatic carbocycles. The SMILES string of the molecule is COc1cccc(/C=C2\Oc3c(ccc4c3CN(Cc3ccccc3)CO4)C2=O)c1. The van der Waals surface area contributed by atoms with Crippen molar-refractivity contribution in [3.63, 3.8) is 0 Å². The van der Waals surface area contributed by atoms with E-state index in [0.29, 0.717) is 30.3 Å². The average Bonchev–Trinajstić information content (AvgIpc) is 3.10. The molecule has 2 heterocycles. The van der Waals surface area contributed by atoms with E-state index in [4.69, 9.17) is 14.2 Å². The van der Waals surface area contributed by atoms with Gasteiger partial charge in [0.2, 0.25) is 5.78 Å². The molecule has 150 valence electrons. The van der Waals surface area contributed by atoms with Crippen LogP contribution < -0.4 is 14.2 Å². The fraction of sp³-hybridized carbons (Fsp3) is 0.160. The van der Waals surface area contributed by atoms with Crippen LogP contribution in [0.3, 0.4) is 0 Å². The Bertz CT molecular complexity index is 1140. The first kappa shape index (κ1) is 18.5. The Morgan fingerprint density at radius 3 is 2.77 bits per heavy atom. The van der Waals surface area contributed by atoms with Gasteiger partial charge in [-0.25, -0.2) is 0 Å². The van der Waals surface area contributed by atoms with Gasteiger partial charge < -0.3 is 14.2 Å². The van der Waals surface area contributed by atoms with Crippen LogP contribution >= 0.6 is 0 Å². The molecule has 0 saturated heterocycles. The van der Waals surface area contributed by atoms with E-state index in [0.717, 1.165) is 29.2 Å². The van der Waals surface area contributed by atoms with Gasteiger partial charge in [0.1, 0.15) is 24.0 Å². The summed E-state index contributed by atoms with van der Waals surface area (Å²) in [6.07, 6.45) is 1.75. The normalized spacial score (nSPS) is 16.6. The van der Waals surface area contributed by atoms with Crippen molar-refractivity contribution < 1.29 is 19.0 Å². The lowest BCUT2D eigenvalue weighted by Crippen LogP contribution is -2.31. The highest BCUT2D eigenvalue weighted by Crippen LogP contribution is 2.42. The minimum absolute atomic E-state index is 0.115. The van der Waals surface area contributed by atoms with Gasteiger partial charge in [0.05, 0.1) is 18.2 Å². The third kappa shape index (κ3) is 3.44. The molecule has 0 spiro atoms. The van der Waals surface area contributed by atoms with E-state index in [1.165, 1.54) is 5.56 Å². The molecule has 0 radical (unpaired) electrons. The highest BCUT2D eigenvalue weighted by Gasteiger charge is 2.33. The summed E-state index contributed by atoms with van der Waals surface area (Å²) in [7, 11) is 1.62. The van der Waals surface area contributed by atoms with Crippen molar-refractivity contribution in [1.29, 1.82) is 0 Å². The summed E-state index contributed by atoms with van der Waals surface area (Å²) in [6.45, 7) is 1.93. The second-order valence-corrected chi connectivity index (χ2v) is 7.38. The Morgan fingerprint density at radius 1 is 1.07 bits per heavy atom. The van der Waals surface area contributed by atoms with E-state index >= 15 is 0 Å². The number of fused-ring (bicyclic) bond motifs is 3. The van der Waals surface area contributed by atoms with Gasteiger partial charge in [-0.3, -0.25) is 9.69 Å². The second-order valence-electron chi connectivity index (χ2n) is 7.38. The number of hydrogen-bond acceptors (Lipinski definition) is 5. The number of ketones is 1. The lowest BCUT2D eigenvalue weighted by atomic mass is 10.0. The van der Waals surface area contributed by atoms with Gasteiger partial charge in [-0.1, -0.05) is 42.5 Å². The third-order valence-corrected chi connectivity index (χ3v) is 5.32. The average molecular weight is 399 g/mol. The number of methoxy groups -OCH3 is 1. The largest absolute Gasteiger partial charge is 0.497 e. The summed E-state index contributed by atoms with van der Waals surface area (Å²) in [4.78, 5) is 15.1. The van der Waals surface area contributed by atoms with Crippen LogP contribution in [0, 0.1) is 0 Å². The summed E-state index contributed by atoms with van der Waals surface area (Å²) in [5.41, 5.74) is 3.55. The summed E-state index contributed by atoms with van der Waals surface area (Å²) in [5, 5.41) is 0. The van der Waals surface area contributed by atoms with E-state index in [1.807, 2.05) is 48.5 Å². The monoisotopic (exact) mass is 399 g/mol. The highest BCUT2D eigenvalue weighted by atomic mass is 16.5. The predicted octanol–water partition coefficient (Wildman–Crippen LogP) is 4.66. The van der Waals surface area contributed by atoms with E-state index in [2.05, 4.69) is 17.0 Å². The fourth-order valence-electron chi connectivity index (χ4n) is 3.83.